The Bertz CT molecular complexity index is 339. The highest BCUT2D eigenvalue weighted by atomic mass is 16.5. The molecule has 0 saturated carbocycles. The van der Waals surface area contributed by atoms with Crippen molar-refractivity contribution < 1.29 is 9.84 Å². The zero-order valence-corrected chi connectivity index (χ0v) is 11.9. The molecule has 0 saturated heterocycles. The Kier molecular flexibility index (Phi) is 7.48. The first-order chi connectivity index (χ1) is 9.17. The summed E-state index contributed by atoms with van der Waals surface area (Å²) in [6, 6.07) is 8.22. The highest BCUT2D eigenvalue weighted by molar-refractivity contribution is 5.29. The topological polar surface area (TPSA) is 67.5 Å². The van der Waals surface area contributed by atoms with E-state index in [9.17, 15) is 0 Å². The van der Waals surface area contributed by atoms with Gasteiger partial charge in [0, 0.05) is 19.2 Å². The molecule has 4 N–H and O–H groups in total. The molecule has 19 heavy (non-hydrogen) atoms. The summed E-state index contributed by atoms with van der Waals surface area (Å²) in [6.07, 6.45) is 1.97. The molecule has 1 atom stereocenters. The van der Waals surface area contributed by atoms with Crippen LogP contribution in [0.4, 0.5) is 0 Å². The van der Waals surface area contributed by atoms with Gasteiger partial charge < -0.3 is 20.9 Å². The molecule has 0 heterocycles. The number of hydrogen-bond acceptors (Lipinski definition) is 4. The van der Waals surface area contributed by atoms with Crippen LogP contribution in [0.3, 0.4) is 0 Å². The average molecular weight is 266 g/mol. The third kappa shape index (κ3) is 6.05. The molecule has 1 aromatic rings. The van der Waals surface area contributed by atoms with Crippen molar-refractivity contribution in [3.63, 3.8) is 0 Å². The van der Waals surface area contributed by atoms with Crippen molar-refractivity contribution in [3.8, 4) is 5.75 Å². The van der Waals surface area contributed by atoms with Gasteiger partial charge in [0.05, 0.1) is 6.10 Å². The smallest absolute Gasteiger partial charge is 0.119 e. The second kappa shape index (κ2) is 8.91. The molecule has 0 aliphatic carbocycles. The Morgan fingerprint density at radius 2 is 1.89 bits per heavy atom. The van der Waals surface area contributed by atoms with Crippen molar-refractivity contribution in [2.75, 3.05) is 19.7 Å². The first-order valence-corrected chi connectivity index (χ1v) is 6.98. The van der Waals surface area contributed by atoms with Gasteiger partial charge in [-0.3, -0.25) is 0 Å². The quantitative estimate of drug-likeness (QED) is 0.597. The Labute approximate surface area is 116 Å². The van der Waals surface area contributed by atoms with Gasteiger partial charge >= 0.3 is 0 Å². The molecule has 4 nitrogen and oxygen atoms in total. The summed E-state index contributed by atoms with van der Waals surface area (Å²) in [5.74, 6) is 0.884. The molecule has 108 valence electrons. The van der Waals surface area contributed by atoms with Crippen LogP contribution in [0.1, 0.15) is 38.3 Å². The molecule has 0 aromatic heterocycles. The summed E-state index contributed by atoms with van der Waals surface area (Å²) in [6.45, 7) is 5.70. The number of aliphatic hydroxyl groups excluding tert-OH is 1. The van der Waals surface area contributed by atoms with Crippen LogP contribution in [0.5, 0.6) is 5.75 Å². The molecule has 0 radical (unpaired) electrons. The molecule has 0 bridgehead atoms. The van der Waals surface area contributed by atoms with Gasteiger partial charge in [-0.2, -0.15) is 0 Å². The molecule has 1 rings (SSSR count). The minimum atomic E-state index is 0.159. The minimum Gasteiger partial charge on any atom is -0.491 e. The standard InChI is InChI=1S/C15H26N2O2/c1-12(2)19-14-7-5-13(6-8-14)15(11-16)17-9-3-4-10-18/h5-8,12,15,17-18H,3-4,9-11,16H2,1-2H3. The Balaban J connectivity index is 2.51. The fourth-order valence-electron chi connectivity index (χ4n) is 1.90. The highest BCUT2D eigenvalue weighted by Crippen LogP contribution is 2.18. The SMILES string of the molecule is CC(C)Oc1ccc(C(CN)NCCCCO)cc1. The first-order valence-electron chi connectivity index (χ1n) is 6.98. The van der Waals surface area contributed by atoms with Gasteiger partial charge in [-0.1, -0.05) is 12.1 Å². The first kappa shape index (κ1) is 16.0. The molecular weight excluding hydrogens is 240 g/mol. The van der Waals surface area contributed by atoms with E-state index in [0.29, 0.717) is 6.54 Å². The van der Waals surface area contributed by atoms with Crippen molar-refractivity contribution in [3.05, 3.63) is 29.8 Å². The van der Waals surface area contributed by atoms with E-state index >= 15 is 0 Å². The lowest BCUT2D eigenvalue weighted by molar-refractivity contribution is 0.242. The van der Waals surface area contributed by atoms with Gasteiger partial charge in [-0.15, -0.1) is 0 Å². The number of benzene rings is 1. The van der Waals surface area contributed by atoms with Crippen molar-refractivity contribution >= 4 is 0 Å². The maximum atomic E-state index is 8.74. The molecule has 0 amide bonds. The van der Waals surface area contributed by atoms with E-state index in [0.717, 1.165) is 25.1 Å². The van der Waals surface area contributed by atoms with Gasteiger partial charge in [0.2, 0.25) is 0 Å². The predicted molar refractivity (Wildman–Crippen MR) is 78.3 cm³/mol. The molecular formula is C15H26N2O2. The van der Waals surface area contributed by atoms with E-state index in [1.807, 2.05) is 38.1 Å². The fraction of sp³-hybridized carbons (Fsp3) is 0.600. The van der Waals surface area contributed by atoms with Gasteiger partial charge in [0.25, 0.3) is 0 Å². The zero-order valence-electron chi connectivity index (χ0n) is 11.9. The summed E-state index contributed by atoms with van der Waals surface area (Å²) in [4.78, 5) is 0. The Hall–Kier alpha value is -1.10. The van der Waals surface area contributed by atoms with E-state index in [4.69, 9.17) is 15.6 Å². The van der Waals surface area contributed by atoms with Crippen LogP contribution >= 0.6 is 0 Å². The van der Waals surface area contributed by atoms with Gasteiger partial charge in [-0.25, -0.2) is 0 Å². The summed E-state index contributed by atoms with van der Waals surface area (Å²) in [5, 5.41) is 12.1. The zero-order chi connectivity index (χ0) is 14.1. The lowest BCUT2D eigenvalue weighted by Crippen LogP contribution is -2.29. The average Bonchev–Trinajstić information content (AvgIpc) is 2.40. The van der Waals surface area contributed by atoms with Crippen molar-refractivity contribution in [1.82, 2.24) is 5.32 Å². The lowest BCUT2D eigenvalue weighted by atomic mass is 10.1. The number of nitrogens with one attached hydrogen (secondary N) is 1. The molecule has 0 aliphatic heterocycles. The Morgan fingerprint density at radius 1 is 1.21 bits per heavy atom. The van der Waals surface area contributed by atoms with Crippen LogP contribution in [-0.4, -0.2) is 30.9 Å². The molecule has 0 spiro atoms. The largest absolute Gasteiger partial charge is 0.491 e. The normalized spacial score (nSPS) is 12.7. The molecule has 0 fully saturated rings. The fourth-order valence-corrected chi connectivity index (χ4v) is 1.90. The van der Waals surface area contributed by atoms with E-state index < -0.39 is 0 Å². The summed E-state index contributed by atoms with van der Waals surface area (Å²) >= 11 is 0. The van der Waals surface area contributed by atoms with E-state index in [2.05, 4.69) is 5.32 Å². The predicted octanol–water partition coefficient (Wildman–Crippen LogP) is 1.84. The van der Waals surface area contributed by atoms with Gasteiger partial charge in [0.15, 0.2) is 0 Å². The van der Waals surface area contributed by atoms with E-state index in [-0.39, 0.29) is 18.8 Å². The summed E-state index contributed by atoms with van der Waals surface area (Å²) < 4.78 is 5.62. The number of unbranched alkanes of at least 4 members (excludes halogenated alkanes) is 1. The van der Waals surface area contributed by atoms with E-state index in [1.165, 1.54) is 5.56 Å². The maximum absolute atomic E-state index is 8.74. The Morgan fingerprint density at radius 3 is 2.42 bits per heavy atom. The van der Waals surface area contributed by atoms with Crippen LogP contribution in [-0.2, 0) is 0 Å². The molecule has 4 heteroatoms. The van der Waals surface area contributed by atoms with Crippen LogP contribution < -0.4 is 15.8 Å². The minimum absolute atomic E-state index is 0.159. The number of nitrogens with two attached hydrogens (primary N) is 1. The van der Waals surface area contributed by atoms with Gasteiger partial charge in [-0.05, 0) is 50.9 Å². The number of aliphatic hydroxyl groups is 1. The van der Waals surface area contributed by atoms with Crippen molar-refractivity contribution in [2.24, 2.45) is 5.73 Å². The summed E-state index contributed by atoms with van der Waals surface area (Å²) in [7, 11) is 0. The van der Waals surface area contributed by atoms with Crippen molar-refractivity contribution in [2.45, 2.75) is 38.8 Å². The van der Waals surface area contributed by atoms with Crippen LogP contribution in [0.2, 0.25) is 0 Å². The van der Waals surface area contributed by atoms with Crippen LogP contribution in [0.15, 0.2) is 24.3 Å². The van der Waals surface area contributed by atoms with Gasteiger partial charge in [0.1, 0.15) is 5.75 Å². The summed E-state index contributed by atoms with van der Waals surface area (Å²) in [5.41, 5.74) is 6.96. The third-order valence-electron chi connectivity index (χ3n) is 2.87. The monoisotopic (exact) mass is 266 g/mol. The molecule has 1 aromatic carbocycles. The lowest BCUT2D eigenvalue weighted by Gasteiger charge is -2.18. The van der Waals surface area contributed by atoms with Crippen LogP contribution in [0, 0.1) is 0 Å². The van der Waals surface area contributed by atoms with Crippen LogP contribution in [0.25, 0.3) is 0 Å². The highest BCUT2D eigenvalue weighted by Gasteiger charge is 2.08. The second-order valence-electron chi connectivity index (χ2n) is 4.91. The molecule has 0 aliphatic rings. The van der Waals surface area contributed by atoms with E-state index in [1.54, 1.807) is 0 Å². The number of ether oxygens (including phenoxy) is 1. The maximum Gasteiger partial charge on any atom is 0.119 e. The number of hydrogen-bond donors (Lipinski definition) is 3. The second-order valence-corrected chi connectivity index (χ2v) is 4.91. The third-order valence-corrected chi connectivity index (χ3v) is 2.87. The number of rotatable bonds is 9. The molecule has 1 unspecified atom stereocenters. The van der Waals surface area contributed by atoms with Crippen molar-refractivity contribution in [1.29, 1.82) is 0 Å².